The van der Waals surface area contributed by atoms with Crippen LogP contribution in [0.1, 0.15) is 37.5 Å². The highest BCUT2D eigenvalue weighted by Gasteiger charge is 2.17. The van der Waals surface area contributed by atoms with Gasteiger partial charge in [-0.05, 0) is 84.8 Å². The fourth-order valence-corrected chi connectivity index (χ4v) is 7.96. The molecular formula is C60H50N2. The van der Waals surface area contributed by atoms with E-state index in [1.807, 2.05) is 19.9 Å². The molecule has 0 radical (unpaired) electrons. The van der Waals surface area contributed by atoms with Crippen LogP contribution in [-0.4, -0.2) is 11.5 Å². The zero-order valence-electron chi connectivity index (χ0n) is 35.6. The van der Waals surface area contributed by atoms with Crippen molar-refractivity contribution in [1.29, 1.82) is 0 Å². The zero-order valence-corrected chi connectivity index (χ0v) is 35.6. The minimum atomic E-state index is 0.454. The molecule has 0 fully saturated rings. The second-order valence-corrected chi connectivity index (χ2v) is 14.9. The van der Waals surface area contributed by atoms with E-state index in [4.69, 9.17) is 9.98 Å². The van der Waals surface area contributed by atoms with Crippen LogP contribution in [0, 0.1) is 0 Å². The molecule has 0 bridgehead atoms. The van der Waals surface area contributed by atoms with Gasteiger partial charge in [-0.1, -0.05) is 250 Å². The summed E-state index contributed by atoms with van der Waals surface area (Å²) in [6.07, 6.45) is 0. The van der Waals surface area contributed by atoms with Gasteiger partial charge in [0.15, 0.2) is 5.84 Å². The predicted molar refractivity (Wildman–Crippen MR) is 266 cm³/mol. The molecular weight excluding hydrogens is 749 g/mol. The first-order valence-electron chi connectivity index (χ1n) is 21.5. The number of nitrogens with zero attached hydrogens (tertiary/aromatic N) is 2. The highest BCUT2D eigenvalue weighted by molar-refractivity contribution is 6.14. The van der Waals surface area contributed by atoms with E-state index >= 15 is 0 Å². The Bertz CT molecular complexity index is 2910. The van der Waals surface area contributed by atoms with Crippen molar-refractivity contribution in [2.45, 2.75) is 27.3 Å². The Balaban J connectivity index is 0.00000261. The molecule has 0 amide bonds. The second kappa shape index (κ2) is 20.1. The number of benzene rings is 9. The van der Waals surface area contributed by atoms with Gasteiger partial charge in [-0.3, -0.25) is 4.99 Å². The molecule has 62 heavy (non-hydrogen) atoms. The highest BCUT2D eigenvalue weighted by Crippen LogP contribution is 2.37. The largest absolute Gasteiger partial charge is 0.261 e. The number of rotatable bonds is 10. The molecule has 2 heteroatoms. The SMILES string of the molecule is CC.CC(=NC(=NCc1ccccc1-c1ccccc1-c1ccc(-c2ccccc2)cc1)c1ccccc1-c1ccccc1-c1ccc(-c2ccccc2)cc1)c1ccccc1. The lowest BCUT2D eigenvalue weighted by molar-refractivity contribution is 1.06. The monoisotopic (exact) mass is 798 g/mol. The van der Waals surface area contributed by atoms with Crippen molar-refractivity contribution in [2.24, 2.45) is 9.98 Å². The first kappa shape index (κ1) is 41.1. The minimum Gasteiger partial charge on any atom is -0.261 e. The van der Waals surface area contributed by atoms with Gasteiger partial charge >= 0.3 is 0 Å². The van der Waals surface area contributed by atoms with E-state index in [2.05, 4.69) is 237 Å². The van der Waals surface area contributed by atoms with Crippen molar-refractivity contribution in [3.05, 3.63) is 253 Å². The molecule has 0 N–H and O–H groups in total. The van der Waals surface area contributed by atoms with Gasteiger partial charge in [0.1, 0.15) is 0 Å². The highest BCUT2D eigenvalue weighted by atomic mass is 14.9. The molecule has 0 heterocycles. The molecule has 9 aromatic carbocycles. The maximum atomic E-state index is 5.43. The molecule has 0 atom stereocenters. The summed E-state index contributed by atoms with van der Waals surface area (Å²) in [6.45, 7) is 6.53. The third-order valence-electron chi connectivity index (χ3n) is 11.1. The van der Waals surface area contributed by atoms with Crippen LogP contribution in [0.4, 0.5) is 0 Å². The first-order chi connectivity index (χ1) is 30.7. The van der Waals surface area contributed by atoms with Crippen LogP contribution in [0.5, 0.6) is 0 Å². The lowest BCUT2D eigenvalue weighted by Crippen LogP contribution is -2.06. The van der Waals surface area contributed by atoms with Crippen LogP contribution in [0.15, 0.2) is 247 Å². The lowest BCUT2D eigenvalue weighted by Gasteiger charge is -2.16. The first-order valence-corrected chi connectivity index (χ1v) is 21.5. The Morgan fingerprint density at radius 1 is 0.323 bits per heavy atom. The van der Waals surface area contributed by atoms with Crippen LogP contribution in [0.2, 0.25) is 0 Å². The Morgan fingerprint density at radius 2 is 0.677 bits per heavy atom. The van der Waals surface area contributed by atoms with Gasteiger partial charge in [-0.25, -0.2) is 4.99 Å². The second-order valence-electron chi connectivity index (χ2n) is 14.9. The van der Waals surface area contributed by atoms with Gasteiger partial charge in [0.2, 0.25) is 0 Å². The molecule has 0 aliphatic carbocycles. The van der Waals surface area contributed by atoms with E-state index in [9.17, 15) is 0 Å². The molecule has 0 saturated carbocycles. The Morgan fingerprint density at radius 3 is 1.19 bits per heavy atom. The van der Waals surface area contributed by atoms with E-state index in [1.165, 1.54) is 38.9 Å². The summed E-state index contributed by atoms with van der Waals surface area (Å²) in [5, 5.41) is 0. The molecule has 0 spiro atoms. The van der Waals surface area contributed by atoms with E-state index in [0.717, 1.165) is 50.2 Å². The average molecular weight is 799 g/mol. The maximum Gasteiger partial charge on any atom is 0.155 e. The van der Waals surface area contributed by atoms with Crippen molar-refractivity contribution in [3.63, 3.8) is 0 Å². The number of aliphatic imine (C=N–C) groups is 2. The maximum absolute atomic E-state index is 5.43. The van der Waals surface area contributed by atoms with Crippen LogP contribution >= 0.6 is 0 Å². The van der Waals surface area contributed by atoms with Gasteiger partial charge in [0.25, 0.3) is 0 Å². The van der Waals surface area contributed by atoms with Crippen LogP contribution in [0.25, 0.3) is 66.8 Å². The van der Waals surface area contributed by atoms with E-state index in [0.29, 0.717) is 12.4 Å². The normalized spacial score (nSPS) is 11.4. The molecule has 300 valence electrons. The Kier molecular flexibility index (Phi) is 13.3. The summed E-state index contributed by atoms with van der Waals surface area (Å²) >= 11 is 0. The van der Waals surface area contributed by atoms with E-state index in [1.54, 1.807) is 0 Å². The summed E-state index contributed by atoms with van der Waals surface area (Å²) in [5.41, 5.74) is 18.1. The third-order valence-corrected chi connectivity index (χ3v) is 11.1. The van der Waals surface area contributed by atoms with E-state index < -0.39 is 0 Å². The molecule has 0 aliphatic rings. The Hall–Kier alpha value is -7.68. The molecule has 0 saturated heterocycles. The fourth-order valence-electron chi connectivity index (χ4n) is 7.96. The summed E-state index contributed by atoms with van der Waals surface area (Å²) in [6, 6.07) is 83.7. The summed E-state index contributed by atoms with van der Waals surface area (Å²) in [7, 11) is 0. The van der Waals surface area contributed by atoms with Gasteiger partial charge < -0.3 is 0 Å². The smallest absolute Gasteiger partial charge is 0.155 e. The van der Waals surface area contributed by atoms with Crippen molar-refractivity contribution in [1.82, 2.24) is 0 Å². The molecule has 9 aromatic rings. The van der Waals surface area contributed by atoms with Crippen LogP contribution in [0.3, 0.4) is 0 Å². The predicted octanol–water partition coefficient (Wildman–Crippen LogP) is 16.2. The van der Waals surface area contributed by atoms with Crippen LogP contribution in [-0.2, 0) is 6.54 Å². The van der Waals surface area contributed by atoms with Gasteiger partial charge in [0.05, 0.1) is 6.54 Å². The lowest BCUT2D eigenvalue weighted by atomic mass is 9.90. The summed E-state index contributed by atoms with van der Waals surface area (Å²) in [5.74, 6) is 0.695. The Labute approximate surface area is 367 Å². The quantitative estimate of drug-likeness (QED) is 0.0972. The van der Waals surface area contributed by atoms with Crippen molar-refractivity contribution in [3.8, 4) is 66.8 Å². The van der Waals surface area contributed by atoms with Crippen molar-refractivity contribution < 1.29 is 0 Å². The van der Waals surface area contributed by atoms with Crippen molar-refractivity contribution >= 4 is 11.5 Å². The molecule has 9 rings (SSSR count). The van der Waals surface area contributed by atoms with Gasteiger partial charge in [0, 0.05) is 11.3 Å². The summed E-state index contributed by atoms with van der Waals surface area (Å²) < 4.78 is 0. The zero-order chi connectivity index (χ0) is 42.5. The summed E-state index contributed by atoms with van der Waals surface area (Å²) in [4.78, 5) is 10.8. The number of hydrogen-bond acceptors (Lipinski definition) is 1. The number of hydrogen-bond donors (Lipinski definition) is 0. The van der Waals surface area contributed by atoms with Crippen molar-refractivity contribution in [2.75, 3.05) is 0 Å². The standard InChI is InChI=1S/C58H44N2.C2H6/c1-42(43-19-5-2-6-20-43)60-58(57-32-18-17-31-56(57)55-30-16-14-27-52(55)49-39-35-47(36-40-49)45-23-9-4-10-24-45)59-41-50-25-11-12-28-53(50)54-29-15-13-26-51(54)48-37-33-46(34-38-48)44-21-7-3-8-22-44;1-2/h2-40H,41H2,1H3;1-2H3. The molecule has 0 aromatic heterocycles. The molecule has 2 nitrogen and oxygen atoms in total. The average Bonchev–Trinajstić information content (AvgIpc) is 3.37. The molecule has 0 aliphatic heterocycles. The minimum absolute atomic E-state index is 0.454. The van der Waals surface area contributed by atoms with Gasteiger partial charge in [-0.15, -0.1) is 0 Å². The number of amidine groups is 1. The van der Waals surface area contributed by atoms with Crippen LogP contribution < -0.4 is 0 Å². The van der Waals surface area contributed by atoms with Gasteiger partial charge in [-0.2, -0.15) is 0 Å². The topological polar surface area (TPSA) is 24.7 Å². The molecule has 0 unspecified atom stereocenters. The third kappa shape index (κ3) is 9.36. The fraction of sp³-hybridized carbons (Fsp3) is 0.0667. The van der Waals surface area contributed by atoms with E-state index in [-0.39, 0.29) is 0 Å².